The average Bonchev–Trinajstić information content (AvgIpc) is 2.74. The molecule has 1 aliphatic carbocycles. The van der Waals surface area contributed by atoms with E-state index in [-0.39, 0.29) is 22.3 Å². The van der Waals surface area contributed by atoms with E-state index < -0.39 is 0 Å². The lowest BCUT2D eigenvalue weighted by Crippen LogP contribution is -2.57. The Kier molecular flexibility index (Phi) is 2.92. The molecule has 0 saturated heterocycles. The number of hydrogen-bond donors (Lipinski definition) is 0. The first-order chi connectivity index (χ1) is 9.47. The summed E-state index contributed by atoms with van der Waals surface area (Å²) in [6, 6.07) is 0. The summed E-state index contributed by atoms with van der Waals surface area (Å²) in [6.45, 7) is 6.47. The summed E-state index contributed by atoms with van der Waals surface area (Å²) in [5.41, 5.74) is 0.667. The van der Waals surface area contributed by atoms with Crippen molar-refractivity contribution in [2.75, 3.05) is 0 Å². The van der Waals surface area contributed by atoms with E-state index in [4.69, 9.17) is 0 Å². The molecular weight excluding hydrogens is 254 g/mol. The minimum atomic E-state index is -0.181. The zero-order valence-corrected chi connectivity index (χ0v) is 12.6. The van der Waals surface area contributed by atoms with Crippen LogP contribution in [0.15, 0.2) is 9.97 Å². The number of hydrogen-bond acceptors (Lipinski definition) is 3. The molecular formula is C15H23N3O2. The Balaban J connectivity index is 2.28. The van der Waals surface area contributed by atoms with Crippen LogP contribution in [-0.2, 0) is 17.5 Å². The summed E-state index contributed by atoms with van der Waals surface area (Å²) in [5.74, 6) is 0. The van der Waals surface area contributed by atoms with Gasteiger partial charge in [-0.3, -0.25) is 9.48 Å². The molecule has 0 amide bonds. The van der Waals surface area contributed by atoms with Gasteiger partial charge in [0.15, 0.2) is 5.69 Å². The molecule has 0 N–H and O–H groups in total. The molecule has 0 unspecified atom stereocenters. The lowest BCUT2D eigenvalue weighted by molar-refractivity contribution is -0.00348. The first kappa shape index (κ1) is 13.6. The van der Waals surface area contributed by atoms with E-state index in [9.17, 15) is 9.70 Å². The molecule has 3 heterocycles. The van der Waals surface area contributed by atoms with Crippen LogP contribution in [0.25, 0.3) is 0 Å². The van der Waals surface area contributed by atoms with E-state index in [0.717, 1.165) is 50.6 Å². The zero-order valence-electron chi connectivity index (χ0n) is 12.6. The number of nitrogens with zero attached hydrogens (tertiary/aromatic N) is 3. The van der Waals surface area contributed by atoms with Crippen molar-refractivity contribution in [3.8, 4) is 0 Å². The van der Waals surface area contributed by atoms with E-state index in [1.54, 1.807) is 0 Å². The predicted octanol–water partition coefficient (Wildman–Crippen LogP) is 3.41. The Morgan fingerprint density at radius 1 is 1.10 bits per heavy atom. The van der Waals surface area contributed by atoms with Crippen molar-refractivity contribution < 1.29 is 0 Å². The number of nitroso groups, excluding NO2 is 1. The zero-order chi connectivity index (χ0) is 14.5. The van der Waals surface area contributed by atoms with Crippen LogP contribution in [0.1, 0.15) is 65.0 Å². The predicted molar refractivity (Wildman–Crippen MR) is 78.5 cm³/mol. The Labute approximate surface area is 118 Å². The standard InChI is InChI=1S/C15H23N3O2/c1-4-5-6-11-12(16-20)13(19)18-15(3)9-7-14(2,8-10-15)17(11)18/h4-10H2,1-3H3. The quantitative estimate of drug-likeness (QED) is 0.792. The second-order valence-corrected chi connectivity index (χ2v) is 6.91. The van der Waals surface area contributed by atoms with Crippen molar-refractivity contribution in [3.05, 3.63) is 21.0 Å². The van der Waals surface area contributed by atoms with Crippen molar-refractivity contribution in [1.82, 2.24) is 9.36 Å². The molecule has 0 spiro atoms. The summed E-state index contributed by atoms with van der Waals surface area (Å²) in [5, 5.41) is 3.08. The maximum Gasteiger partial charge on any atom is 0.297 e. The summed E-state index contributed by atoms with van der Waals surface area (Å²) in [7, 11) is 0. The molecule has 4 rings (SSSR count). The number of unbranched alkanes of at least 4 members (excludes halogenated alkanes) is 1. The van der Waals surface area contributed by atoms with Crippen LogP contribution in [0, 0.1) is 4.91 Å². The highest BCUT2D eigenvalue weighted by Crippen LogP contribution is 2.49. The van der Waals surface area contributed by atoms with E-state index in [0.29, 0.717) is 0 Å². The number of fused-ring (bicyclic) bond motifs is 2. The van der Waals surface area contributed by atoms with Gasteiger partial charge in [0, 0.05) is 0 Å². The molecule has 0 radical (unpaired) electrons. The second kappa shape index (κ2) is 4.30. The fourth-order valence-electron chi connectivity index (χ4n) is 4.00. The summed E-state index contributed by atoms with van der Waals surface area (Å²) in [6.07, 6.45) is 6.98. The lowest BCUT2D eigenvalue weighted by Gasteiger charge is -2.53. The van der Waals surface area contributed by atoms with Gasteiger partial charge in [-0.15, -0.1) is 4.91 Å². The molecule has 2 bridgehead atoms. The molecule has 1 saturated carbocycles. The van der Waals surface area contributed by atoms with Gasteiger partial charge in [0.25, 0.3) is 5.56 Å². The molecule has 0 aromatic carbocycles. The molecule has 5 nitrogen and oxygen atoms in total. The Hall–Kier alpha value is -1.39. The van der Waals surface area contributed by atoms with Gasteiger partial charge in [-0.1, -0.05) is 13.3 Å². The van der Waals surface area contributed by atoms with Crippen molar-refractivity contribution >= 4 is 5.69 Å². The highest BCUT2D eigenvalue weighted by Gasteiger charge is 2.50. The van der Waals surface area contributed by atoms with Gasteiger partial charge in [0.2, 0.25) is 0 Å². The van der Waals surface area contributed by atoms with Crippen LogP contribution in [0.4, 0.5) is 5.69 Å². The molecule has 3 aliphatic rings. The minimum Gasteiger partial charge on any atom is -0.278 e. The summed E-state index contributed by atoms with van der Waals surface area (Å²) >= 11 is 0. The van der Waals surface area contributed by atoms with Crippen molar-refractivity contribution in [2.24, 2.45) is 5.18 Å². The van der Waals surface area contributed by atoms with Crippen LogP contribution in [0.3, 0.4) is 0 Å². The van der Waals surface area contributed by atoms with Crippen LogP contribution in [0.5, 0.6) is 0 Å². The van der Waals surface area contributed by atoms with Gasteiger partial charge in [-0.2, -0.15) is 0 Å². The van der Waals surface area contributed by atoms with Gasteiger partial charge in [0.1, 0.15) is 0 Å². The van der Waals surface area contributed by atoms with E-state index in [1.807, 2.05) is 4.68 Å². The Morgan fingerprint density at radius 2 is 1.65 bits per heavy atom. The van der Waals surface area contributed by atoms with E-state index in [2.05, 4.69) is 30.6 Å². The normalized spacial score (nSPS) is 31.4. The minimum absolute atomic E-state index is 0.0249. The Morgan fingerprint density at radius 3 is 2.15 bits per heavy atom. The molecule has 0 atom stereocenters. The molecule has 110 valence electrons. The van der Waals surface area contributed by atoms with Crippen LogP contribution in [0.2, 0.25) is 0 Å². The molecule has 20 heavy (non-hydrogen) atoms. The fourth-order valence-corrected chi connectivity index (χ4v) is 4.00. The van der Waals surface area contributed by atoms with Gasteiger partial charge in [0.05, 0.1) is 16.8 Å². The summed E-state index contributed by atoms with van der Waals surface area (Å²) in [4.78, 5) is 23.8. The fraction of sp³-hybridized carbons (Fsp3) is 0.800. The highest BCUT2D eigenvalue weighted by molar-refractivity contribution is 5.42. The third-order valence-corrected chi connectivity index (χ3v) is 5.41. The number of aromatic nitrogens is 2. The van der Waals surface area contributed by atoms with Crippen molar-refractivity contribution in [1.29, 1.82) is 0 Å². The first-order valence-corrected chi connectivity index (χ1v) is 7.68. The van der Waals surface area contributed by atoms with Gasteiger partial charge in [-0.25, -0.2) is 4.68 Å². The molecule has 1 aromatic heterocycles. The topological polar surface area (TPSA) is 56.4 Å². The van der Waals surface area contributed by atoms with Gasteiger partial charge < -0.3 is 0 Å². The third-order valence-electron chi connectivity index (χ3n) is 5.41. The van der Waals surface area contributed by atoms with E-state index in [1.165, 1.54) is 0 Å². The lowest BCUT2D eigenvalue weighted by atomic mass is 9.72. The molecule has 1 fully saturated rings. The monoisotopic (exact) mass is 277 g/mol. The number of rotatable bonds is 4. The van der Waals surface area contributed by atoms with Gasteiger partial charge in [-0.05, 0) is 57.5 Å². The van der Waals surface area contributed by atoms with E-state index >= 15 is 0 Å². The molecule has 1 aromatic rings. The van der Waals surface area contributed by atoms with Gasteiger partial charge >= 0.3 is 0 Å². The smallest absolute Gasteiger partial charge is 0.278 e. The van der Waals surface area contributed by atoms with Crippen LogP contribution in [-0.4, -0.2) is 9.36 Å². The third kappa shape index (κ3) is 1.58. The second-order valence-electron chi connectivity index (χ2n) is 6.91. The SMILES string of the molecule is CCCCc1c(N=O)c(=O)n2n1C1(C)CCC2(C)CC1. The highest BCUT2D eigenvalue weighted by atomic mass is 16.3. The molecule has 5 heteroatoms. The summed E-state index contributed by atoms with van der Waals surface area (Å²) < 4.78 is 3.98. The van der Waals surface area contributed by atoms with Crippen molar-refractivity contribution in [3.63, 3.8) is 0 Å². The maximum absolute atomic E-state index is 12.6. The first-order valence-electron chi connectivity index (χ1n) is 7.68. The Bertz CT molecular complexity index is 603. The molecule has 2 aliphatic heterocycles. The van der Waals surface area contributed by atoms with Crippen molar-refractivity contribution in [2.45, 2.75) is 76.8 Å². The van der Waals surface area contributed by atoms with Crippen LogP contribution < -0.4 is 5.56 Å². The average molecular weight is 277 g/mol. The maximum atomic E-state index is 12.6. The largest absolute Gasteiger partial charge is 0.297 e. The van der Waals surface area contributed by atoms with Crippen LogP contribution >= 0.6 is 0 Å².